The number of rotatable bonds is 7. The Hall–Kier alpha value is -1.88. The molecule has 1 aromatic carbocycles. The van der Waals surface area contributed by atoms with Crippen LogP contribution in [-0.4, -0.2) is 43.5 Å². The van der Waals surface area contributed by atoms with Crippen molar-refractivity contribution in [2.45, 2.75) is 63.8 Å². The molecule has 0 atom stereocenters. The molecule has 1 aliphatic carbocycles. The highest BCUT2D eigenvalue weighted by molar-refractivity contribution is 5.94. The fourth-order valence-corrected chi connectivity index (χ4v) is 4.65. The number of carbonyl (C=O) groups is 2. The molecule has 2 fully saturated rings. The van der Waals surface area contributed by atoms with Gasteiger partial charge in [-0.15, -0.1) is 0 Å². The first kappa shape index (κ1) is 19.9. The molecule has 2 aliphatic rings. The van der Waals surface area contributed by atoms with E-state index in [4.69, 9.17) is 4.74 Å². The first-order valence-electron chi connectivity index (χ1n) is 10.4. The van der Waals surface area contributed by atoms with E-state index in [2.05, 4.69) is 5.32 Å². The molecule has 0 aromatic heterocycles. The van der Waals surface area contributed by atoms with Crippen molar-refractivity contribution >= 4 is 11.7 Å². The number of carbonyl (C=O) groups excluding carboxylic acids is 2. The maximum absolute atomic E-state index is 12.4. The van der Waals surface area contributed by atoms with Crippen LogP contribution >= 0.6 is 0 Å². The van der Waals surface area contributed by atoms with Crippen molar-refractivity contribution in [3.63, 3.8) is 0 Å². The van der Waals surface area contributed by atoms with Gasteiger partial charge in [-0.3, -0.25) is 9.59 Å². The summed E-state index contributed by atoms with van der Waals surface area (Å²) in [5, 5.41) is 3.15. The third-order valence-corrected chi connectivity index (χ3v) is 6.27. The zero-order valence-corrected chi connectivity index (χ0v) is 16.5. The van der Waals surface area contributed by atoms with Gasteiger partial charge in [0.15, 0.2) is 12.4 Å². The van der Waals surface area contributed by atoms with Crippen molar-refractivity contribution in [2.24, 2.45) is 0 Å². The maximum atomic E-state index is 12.4. The Kier molecular flexibility index (Phi) is 6.89. The molecule has 1 aromatic rings. The standard InChI is InChI=1S/C22H32N2O3/c1-18(25)19-8-10-20(11-9-19)27-16-21(26)23-17-22(12-4-2-5-13-22)24-14-6-3-7-15-24/h8-11H,2-7,12-17H2,1H3,(H,23,26)/p+1. The second-order valence-electron chi connectivity index (χ2n) is 8.15. The van der Waals surface area contributed by atoms with Gasteiger partial charge in [-0.2, -0.15) is 0 Å². The number of nitrogens with one attached hydrogen (secondary N) is 2. The highest BCUT2D eigenvalue weighted by Gasteiger charge is 2.42. The molecule has 0 bridgehead atoms. The zero-order chi connectivity index (χ0) is 19.1. The maximum Gasteiger partial charge on any atom is 0.258 e. The third-order valence-electron chi connectivity index (χ3n) is 6.27. The number of piperidine rings is 1. The summed E-state index contributed by atoms with van der Waals surface area (Å²) < 4.78 is 5.59. The third kappa shape index (κ3) is 5.32. The SMILES string of the molecule is CC(=O)c1ccc(OCC(=O)NCC2([NH+]3CCCCC3)CCCCC2)cc1. The zero-order valence-electron chi connectivity index (χ0n) is 16.5. The molecule has 0 unspecified atom stereocenters. The van der Waals surface area contributed by atoms with E-state index in [1.54, 1.807) is 29.2 Å². The van der Waals surface area contributed by atoms with Gasteiger partial charge in [-0.05, 0) is 63.3 Å². The number of benzene rings is 1. The van der Waals surface area contributed by atoms with Crippen LogP contribution in [0.2, 0.25) is 0 Å². The van der Waals surface area contributed by atoms with Crippen LogP contribution in [-0.2, 0) is 4.79 Å². The summed E-state index contributed by atoms with van der Waals surface area (Å²) in [5.41, 5.74) is 0.868. The molecule has 1 saturated carbocycles. The molecule has 0 spiro atoms. The molecule has 1 heterocycles. The van der Waals surface area contributed by atoms with E-state index >= 15 is 0 Å². The van der Waals surface area contributed by atoms with Crippen molar-refractivity contribution in [1.29, 1.82) is 0 Å². The molecule has 2 N–H and O–H groups in total. The molecule has 0 radical (unpaired) electrons. The highest BCUT2D eigenvalue weighted by Crippen LogP contribution is 2.26. The van der Waals surface area contributed by atoms with Gasteiger partial charge in [0.1, 0.15) is 11.3 Å². The lowest BCUT2D eigenvalue weighted by atomic mass is 9.79. The fourth-order valence-electron chi connectivity index (χ4n) is 4.65. The average molecular weight is 374 g/mol. The molecule has 27 heavy (non-hydrogen) atoms. The van der Waals surface area contributed by atoms with Gasteiger partial charge in [0, 0.05) is 18.4 Å². The second-order valence-corrected chi connectivity index (χ2v) is 8.15. The van der Waals surface area contributed by atoms with Gasteiger partial charge in [0.25, 0.3) is 5.91 Å². The van der Waals surface area contributed by atoms with Crippen LogP contribution in [0.1, 0.15) is 68.6 Å². The van der Waals surface area contributed by atoms with Crippen molar-refractivity contribution in [1.82, 2.24) is 5.32 Å². The van der Waals surface area contributed by atoms with Gasteiger partial charge >= 0.3 is 0 Å². The number of hydrogen-bond acceptors (Lipinski definition) is 3. The predicted octanol–water partition coefficient (Wildman–Crippen LogP) is 2.16. The van der Waals surface area contributed by atoms with Gasteiger partial charge in [-0.1, -0.05) is 6.42 Å². The predicted molar refractivity (Wildman–Crippen MR) is 105 cm³/mol. The number of hydrogen-bond donors (Lipinski definition) is 2. The molecule has 1 saturated heterocycles. The minimum Gasteiger partial charge on any atom is -0.484 e. The number of ketones is 1. The van der Waals surface area contributed by atoms with Gasteiger partial charge in [-0.25, -0.2) is 0 Å². The lowest BCUT2D eigenvalue weighted by Crippen LogP contribution is -3.22. The second kappa shape index (κ2) is 9.36. The van der Waals surface area contributed by atoms with Crippen LogP contribution in [0, 0.1) is 0 Å². The largest absolute Gasteiger partial charge is 0.484 e. The summed E-state index contributed by atoms with van der Waals surface area (Å²) >= 11 is 0. The quantitative estimate of drug-likeness (QED) is 0.720. The summed E-state index contributed by atoms with van der Waals surface area (Å²) in [6.45, 7) is 4.80. The first-order chi connectivity index (χ1) is 13.1. The Bertz CT molecular complexity index is 629. The summed E-state index contributed by atoms with van der Waals surface area (Å²) in [4.78, 5) is 25.4. The minimum atomic E-state index is -0.0630. The normalized spacial score (nSPS) is 20.0. The van der Waals surface area contributed by atoms with Crippen LogP contribution < -0.4 is 15.0 Å². The van der Waals surface area contributed by atoms with Crippen LogP contribution in [0.15, 0.2) is 24.3 Å². The van der Waals surface area contributed by atoms with Gasteiger partial charge in [0.2, 0.25) is 0 Å². The number of quaternary nitrogens is 1. The summed E-state index contributed by atoms with van der Waals surface area (Å²) in [6.07, 6.45) is 10.3. The van der Waals surface area contributed by atoms with Crippen molar-refractivity contribution in [3.8, 4) is 5.75 Å². The van der Waals surface area contributed by atoms with Crippen LogP contribution in [0.3, 0.4) is 0 Å². The average Bonchev–Trinajstić information content (AvgIpc) is 2.72. The Morgan fingerprint density at radius 2 is 1.63 bits per heavy atom. The number of Topliss-reactive ketones (excluding diaryl/α,β-unsaturated/α-hetero) is 1. The topological polar surface area (TPSA) is 59.8 Å². The van der Waals surface area contributed by atoms with Gasteiger partial charge < -0.3 is 15.0 Å². The summed E-state index contributed by atoms with van der Waals surface area (Å²) in [5.74, 6) is 0.577. The molecule has 1 amide bonds. The first-order valence-corrected chi connectivity index (χ1v) is 10.4. The van der Waals surface area contributed by atoms with Crippen LogP contribution in [0.4, 0.5) is 0 Å². The van der Waals surface area contributed by atoms with E-state index in [1.165, 1.54) is 71.4 Å². The number of amides is 1. The Labute approximate surface area is 162 Å². The molecular weight excluding hydrogens is 340 g/mol. The Balaban J connectivity index is 1.50. The number of ether oxygens (including phenoxy) is 1. The van der Waals surface area contributed by atoms with Crippen molar-refractivity contribution in [2.75, 3.05) is 26.2 Å². The Morgan fingerprint density at radius 1 is 1.00 bits per heavy atom. The molecule has 3 rings (SSSR count). The van der Waals surface area contributed by atoms with Crippen LogP contribution in [0.5, 0.6) is 5.75 Å². The minimum absolute atomic E-state index is 0.0187. The van der Waals surface area contributed by atoms with Gasteiger partial charge in [0.05, 0.1) is 19.6 Å². The summed E-state index contributed by atoms with van der Waals surface area (Å²) in [6, 6.07) is 6.94. The molecule has 148 valence electrons. The molecule has 5 nitrogen and oxygen atoms in total. The summed E-state index contributed by atoms with van der Waals surface area (Å²) in [7, 11) is 0. The van der Waals surface area contributed by atoms with E-state index < -0.39 is 0 Å². The van der Waals surface area contributed by atoms with E-state index in [-0.39, 0.29) is 23.8 Å². The monoisotopic (exact) mass is 373 g/mol. The lowest BCUT2D eigenvalue weighted by molar-refractivity contribution is -0.957. The van der Waals surface area contributed by atoms with E-state index in [0.717, 1.165) is 6.54 Å². The van der Waals surface area contributed by atoms with E-state index in [1.807, 2.05) is 0 Å². The highest BCUT2D eigenvalue weighted by atomic mass is 16.5. The van der Waals surface area contributed by atoms with E-state index in [0.29, 0.717) is 11.3 Å². The smallest absolute Gasteiger partial charge is 0.258 e. The fraction of sp³-hybridized carbons (Fsp3) is 0.636. The number of likely N-dealkylation sites (tertiary alicyclic amines) is 1. The Morgan fingerprint density at radius 3 is 2.26 bits per heavy atom. The lowest BCUT2D eigenvalue weighted by Gasteiger charge is -2.45. The molecule has 5 heteroatoms. The molecule has 1 aliphatic heterocycles. The van der Waals surface area contributed by atoms with Crippen molar-refractivity contribution in [3.05, 3.63) is 29.8 Å². The van der Waals surface area contributed by atoms with Crippen LogP contribution in [0.25, 0.3) is 0 Å². The van der Waals surface area contributed by atoms with Crippen molar-refractivity contribution < 1.29 is 19.2 Å². The van der Waals surface area contributed by atoms with E-state index in [9.17, 15) is 9.59 Å². The molecular formula is C22H33N2O3+.